The Morgan fingerprint density at radius 3 is 2.68 bits per heavy atom. The number of nitrogens with zero attached hydrogens (tertiary/aromatic N) is 1. The summed E-state index contributed by atoms with van der Waals surface area (Å²) in [7, 11) is 2.06. The van der Waals surface area contributed by atoms with Gasteiger partial charge in [0.2, 0.25) is 0 Å². The Labute approximate surface area is 115 Å². The van der Waals surface area contributed by atoms with Crippen molar-refractivity contribution in [3.63, 3.8) is 0 Å². The van der Waals surface area contributed by atoms with E-state index in [1.165, 1.54) is 0 Å². The number of rotatable bonds is 6. The molecule has 0 saturated heterocycles. The van der Waals surface area contributed by atoms with Gasteiger partial charge in [0.05, 0.1) is 0 Å². The van der Waals surface area contributed by atoms with Crippen molar-refractivity contribution in [2.24, 2.45) is 0 Å². The third-order valence-corrected chi connectivity index (χ3v) is 2.99. The van der Waals surface area contributed by atoms with Crippen LogP contribution >= 0.6 is 0 Å². The molecule has 0 radical (unpaired) electrons. The molecule has 1 rings (SSSR count). The summed E-state index contributed by atoms with van der Waals surface area (Å²) >= 11 is 0. The van der Waals surface area contributed by atoms with E-state index in [4.69, 9.17) is 0 Å². The van der Waals surface area contributed by atoms with E-state index in [2.05, 4.69) is 49.1 Å². The number of benzene rings is 1. The molecule has 0 aliphatic carbocycles. The molecule has 0 atom stereocenters. The number of carbonyl (C=O) groups is 1. The topological polar surface area (TPSA) is 44.4 Å². The average Bonchev–Trinajstić information content (AvgIpc) is 2.42. The number of amides is 2. The van der Waals surface area contributed by atoms with Gasteiger partial charge in [0, 0.05) is 31.9 Å². The Kier molecular flexibility index (Phi) is 5.93. The van der Waals surface area contributed by atoms with Crippen LogP contribution in [-0.2, 0) is 6.54 Å². The van der Waals surface area contributed by atoms with Crippen molar-refractivity contribution in [1.82, 2.24) is 10.6 Å². The summed E-state index contributed by atoms with van der Waals surface area (Å²) in [5, 5.41) is 5.54. The molecule has 19 heavy (non-hydrogen) atoms. The van der Waals surface area contributed by atoms with Crippen LogP contribution in [0.1, 0.15) is 19.4 Å². The first kappa shape index (κ1) is 15.1. The van der Waals surface area contributed by atoms with Gasteiger partial charge in [-0.25, -0.2) is 4.79 Å². The number of hydrogen-bond acceptors (Lipinski definition) is 2. The molecule has 0 bridgehead atoms. The van der Waals surface area contributed by atoms with Crippen LogP contribution in [0.2, 0.25) is 0 Å². The first-order valence-corrected chi connectivity index (χ1v) is 6.49. The van der Waals surface area contributed by atoms with Gasteiger partial charge in [0.25, 0.3) is 0 Å². The van der Waals surface area contributed by atoms with E-state index in [9.17, 15) is 4.79 Å². The van der Waals surface area contributed by atoms with Gasteiger partial charge in [-0.15, -0.1) is 6.58 Å². The van der Waals surface area contributed by atoms with E-state index >= 15 is 0 Å². The quantitative estimate of drug-likeness (QED) is 0.773. The molecule has 0 spiro atoms. The molecule has 0 unspecified atom stereocenters. The van der Waals surface area contributed by atoms with Crippen molar-refractivity contribution < 1.29 is 4.79 Å². The summed E-state index contributed by atoms with van der Waals surface area (Å²) in [6.07, 6.45) is 1.65. The van der Waals surface area contributed by atoms with Crippen molar-refractivity contribution >= 4 is 11.7 Å². The average molecular weight is 261 g/mol. The van der Waals surface area contributed by atoms with Gasteiger partial charge in [0.15, 0.2) is 0 Å². The van der Waals surface area contributed by atoms with Gasteiger partial charge in [-0.2, -0.15) is 0 Å². The minimum Gasteiger partial charge on any atom is -0.372 e. The molecule has 104 valence electrons. The van der Waals surface area contributed by atoms with Gasteiger partial charge in [-0.1, -0.05) is 24.3 Å². The van der Waals surface area contributed by atoms with Crippen molar-refractivity contribution in [3.05, 3.63) is 42.5 Å². The highest BCUT2D eigenvalue weighted by molar-refractivity contribution is 5.74. The van der Waals surface area contributed by atoms with Crippen LogP contribution in [0.25, 0.3) is 0 Å². The summed E-state index contributed by atoms with van der Waals surface area (Å²) in [6.45, 7) is 8.82. The minimum atomic E-state index is -0.179. The van der Waals surface area contributed by atoms with Gasteiger partial charge < -0.3 is 15.5 Å². The summed E-state index contributed by atoms with van der Waals surface area (Å²) in [6, 6.07) is 8.32. The Bertz CT molecular complexity index is 429. The van der Waals surface area contributed by atoms with E-state index in [0.29, 0.717) is 19.1 Å². The lowest BCUT2D eigenvalue weighted by Crippen LogP contribution is -2.35. The van der Waals surface area contributed by atoms with Crippen LogP contribution in [0.3, 0.4) is 0 Å². The molecule has 0 aliphatic heterocycles. The highest BCUT2D eigenvalue weighted by atomic mass is 16.2. The second-order valence-corrected chi connectivity index (χ2v) is 4.69. The molecule has 4 heteroatoms. The molecule has 1 aromatic carbocycles. The van der Waals surface area contributed by atoms with Gasteiger partial charge in [-0.3, -0.25) is 0 Å². The molecule has 0 heterocycles. The molecule has 0 saturated carbocycles. The van der Waals surface area contributed by atoms with Crippen molar-refractivity contribution in [2.75, 3.05) is 18.5 Å². The fraction of sp³-hybridized carbons (Fsp3) is 0.400. The van der Waals surface area contributed by atoms with E-state index < -0.39 is 0 Å². The molecule has 2 amide bonds. The van der Waals surface area contributed by atoms with Gasteiger partial charge in [-0.05, 0) is 25.5 Å². The van der Waals surface area contributed by atoms with E-state index in [0.717, 1.165) is 11.3 Å². The zero-order chi connectivity index (χ0) is 14.3. The molecule has 0 aromatic heterocycles. The Hall–Kier alpha value is -1.97. The monoisotopic (exact) mass is 261 g/mol. The molecule has 4 nitrogen and oxygen atoms in total. The fourth-order valence-corrected chi connectivity index (χ4v) is 1.69. The van der Waals surface area contributed by atoms with Crippen LogP contribution < -0.4 is 15.5 Å². The number of urea groups is 1. The van der Waals surface area contributed by atoms with Crippen LogP contribution in [0.5, 0.6) is 0 Å². The molecule has 0 fully saturated rings. The molecule has 0 aliphatic rings. The highest BCUT2D eigenvalue weighted by Crippen LogP contribution is 2.20. The summed E-state index contributed by atoms with van der Waals surface area (Å²) in [5.41, 5.74) is 2.24. The van der Waals surface area contributed by atoms with Crippen LogP contribution in [0.4, 0.5) is 10.5 Å². The zero-order valence-corrected chi connectivity index (χ0v) is 11.9. The molecule has 1 aromatic rings. The van der Waals surface area contributed by atoms with E-state index in [-0.39, 0.29) is 6.03 Å². The number of para-hydroxylation sites is 1. The Morgan fingerprint density at radius 1 is 1.37 bits per heavy atom. The van der Waals surface area contributed by atoms with Crippen LogP contribution in [0.15, 0.2) is 36.9 Å². The normalized spacial score (nSPS) is 10.1. The van der Waals surface area contributed by atoms with Gasteiger partial charge in [0.1, 0.15) is 0 Å². The molecule has 2 N–H and O–H groups in total. The smallest absolute Gasteiger partial charge is 0.315 e. The fourth-order valence-electron chi connectivity index (χ4n) is 1.69. The van der Waals surface area contributed by atoms with Crippen molar-refractivity contribution in [1.29, 1.82) is 0 Å². The second kappa shape index (κ2) is 7.46. The lowest BCUT2D eigenvalue weighted by atomic mass is 10.1. The van der Waals surface area contributed by atoms with Crippen LogP contribution in [-0.4, -0.2) is 25.7 Å². The molecular weight excluding hydrogens is 238 g/mol. The number of anilines is 1. The number of hydrogen-bond donors (Lipinski definition) is 2. The maximum absolute atomic E-state index is 11.5. The van der Waals surface area contributed by atoms with Gasteiger partial charge >= 0.3 is 6.03 Å². The van der Waals surface area contributed by atoms with E-state index in [1.54, 1.807) is 6.08 Å². The maximum atomic E-state index is 11.5. The molecular formula is C15H23N3O. The summed E-state index contributed by atoms with van der Waals surface area (Å²) in [5.74, 6) is 0. The first-order chi connectivity index (χ1) is 9.06. The Morgan fingerprint density at radius 2 is 2.05 bits per heavy atom. The SMILES string of the molecule is C=CCNC(=O)NCc1ccccc1N(C)C(C)C. The maximum Gasteiger partial charge on any atom is 0.315 e. The lowest BCUT2D eigenvalue weighted by molar-refractivity contribution is 0.241. The van der Waals surface area contributed by atoms with Crippen LogP contribution in [0, 0.1) is 0 Å². The predicted octanol–water partition coefficient (Wildman–Crippen LogP) is 2.52. The van der Waals surface area contributed by atoms with E-state index in [1.807, 2.05) is 18.2 Å². The van der Waals surface area contributed by atoms with Crippen molar-refractivity contribution in [3.8, 4) is 0 Å². The summed E-state index contributed by atoms with van der Waals surface area (Å²) in [4.78, 5) is 13.7. The Balaban J connectivity index is 2.68. The zero-order valence-electron chi connectivity index (χ0n) is 11.9. The number of carbonyl (C=O) groups excluding carboxylic acids is 1. The highest BCUT2D eigenvalue weighted by Gasteiger charge is 2.10. The summed E-state index contributed by atoms with van der Waals surface area (Å²) < 4.78 is 0. The third kappa shape index (κ3) is 4.66. The number of nitrogens with one attached hydrogen (secondary N) is 2. The first-order valence-electron chi connectivity index (χ1n) is 6.49. The largest absolute Gasteiger partial charge is 0.372 e. The second-order valence-electron chi connectivity index (χ2n) is 4.69. The minimum absolute atomic E-state index is 0.179. The lowest BCUT2D eigenvalue weighted by Gasteiger charge is -2.26. The standard InChI is InChI=1S/C15H23N3O/c1-5-10-16-15(19)17-11-13-8-6-7-9-14(13)18(4)12(2)3/h5-9,12H,1,10-11H2,2-4H3,(H2,16,17,19). The third-order valence-electron chi connectivity index (χ3n) is 2.99. The van der Waals surface area contributed by atoms with Crippen molar-refractivity contribution in [2.45, 2.75) is 26.4 Å². The predicted molar refractivity (Wildman–Crippen MR) is 80.4 cm³/mol.